The lowest BCUT2D eigenvalue weighted by atomic mass is 9.65. The first kappa shape index (κ1) is 28.4. The van der Waals surface area contributed by atoms with E-state index >= 15 is 0 Å². The molecule has 0 saturated heterocycles. The average Bonchev–Trinajstić information content (AvgIpc) is 3.68. The molecule has 18 atom stereocenters. The maximum Gasteiger partial charge on any atom is 0.166 e. The molecular formula is C32H58N8P2. The predicted molar refractivity (Wildman–Crippen MR) is 173 cm³/mol. The van der Waals surface area contributed by atoms with Crippen molar-refractivity contribution in [3.63, 3.8) is 0 Å². The van der Waals surface area contributed by atoms with Crippen LogP contribution in [0.1, 0.15) is 12.8 Å². The highest BCUT2D eigenvalue weighted by molar-refractivity contribution is 7.59. The van der Waals surface area contributed by atoms with Crippen LogP contribution in [0.4, 0.5) is 0 Å². The van der Waals surface area contributed by atoms with Crippen molar-refractivity contribution < 1.29 is 0 Å². The van der Waals surface area contributed by atoms with E-state index in [-0.39, 0.29) is 0 Å². The Bertz CT molecular complexity index is 1110. The molecule has 0 aromatic carbocycles. The summed E-state index contributed by atoms with van der Waals surface area (Å²) in [7, 11) is 23.8. The molecule has 0 amide bonds. The van der Waals surface area contributed by atoms with E-state index in [2.05, 4.69) is 113 Å². The number of hydrogen-bond donors (Lipinski definition) is 0. The van der Waals surface area contributed by atoms with E-state index in [1.807, 2.05) is 0 Å². The van der Waals surface area contributed by atoms with Crippen molar-refractivity contribution >= 4 is 15.0 Å². The minimum Gasteiger partial charge on any atom is -0.257 e. The van der Waals surface area contributed by atoms with Gasteiger partial charge in [-0.05, 0) is 192 Å². The number of nitrogens with zero attached hydrogens (tertiary/aromatic N) is 8. The van der Waals surface area contributed by atoms with Crippen LogP contribution in [0.5, 0.6) is 0 Å². The van der Waals surface area contributed by atoms with Crippen LogP contribution in [0.2, 0.25) is 0 Å². The Morgan fingerprint density at radius 2 is 0.571 bits per heavy atom. The summed E-state index contributed by atoms with van der Waals surface area (Å²) in [5.41, 5.74) is 0. The van der Waals surface area contributed by atoms with E-state index in [9.17, 15) is 0 Å². The van der Waals surface area contributed by atoms with Crippen molar-refractivity contribution in [3.05, 3.63) is 0 Å². The highest BCUT2D eigenvalue weighted by Crippen LogP contribution is 2.90. The molecule has 0 aliphatic heterocycles. The lowest BCUT2D eigenvalue weighted by Gasteiger charge is -2.47. The van der Waals surface area contributed by atoms with Gasteiger partial charge in [-0.25, -0.2) is 0 Å². The van der Waals surface area contributed by atoms with E-state index in [4.69, 9.17) is 9.49 Å². The summed E-state index contributed by atoms with van der Waals surface area (Å²) < 4.78 is 27.6. The minimum atomic E-state index is -1.94. The van der Waals surface area contributed by atoms with Gasteiger partial charge in [-0.2, -0.15) is 0 Å². The standard InChI is InChI=1S/C32H58N8P2/c1-35(2)41(36(3)4,37(5)6)33-31-27-21-15-13-16-20-18-14-17-19(15)25(27)29-23(17)24(18)30(26(20)28(31)22(16)21)32(29)34-42(38(7)8,39(9)10)40(11)12/h15-32H,13-14H2,1-12H3/t15-,16+,17+,18-,19?,20?,21+,22-,23-,24+,25?,26?,27-,28+,29+,30-,31?,32?. The van der Waals surface area contributed by atoms with Gasteiger partial charge in [-0.15, -0.1) is 0 Å². The van der Waals surface area contributed by atoms with Gasteiger partial charge < -0.3 is 0 Å². The van der Waals surface area contributed by atoms with Crippen molar-refractivity contribution in [3.8, 4) is 0 Å². The summed E-state index contributed by atoms with van der Waals surface area (Å²) in [5, 5.41) is 0. The molecule has 42 heavy (non-hydrogen) atoms. The molecule has 236 valence electrons. The topological polar surface area (TPSA) is 44.2 Å². The first-order valence-electron chi connectivity index (χ1n) is 17.1. The van der Waals surface area contributed by atoms with E-state index < -0.39 is 15.0 Å². The number of fused-ring (bicyclic) bond motifs is 10. The van der Waals surface area contributed by atoms with E-state index in [1.165, 1.54) is 0 Å². The molecule has 0 aromatic heterocycles. The molecule has 0 N–H and O–H groups in total. The molecule has 8 rings (SSSR count). The molecule has 0 aromatic rings. The van der Waals surface area contributed by atoms with Gasteiger partial charge in [0, 0.05) is 0 Å². The van der Waals surface area contributed by atoms with Crippen LogP contribution >= 0.6 is 15.0 Å². The Morgan fingerprint density at radius 3 is 0.786 bits per heavy atom. The fourth-order valence-electron chi connectivity index (χ4n) is 16.3. The largest absolute Gasteiger partial charge is 0.257 e. The Labute approximate surface area is 256 Å². The molecule has 0 heterocycles. The second-order valence-corrected chi connectivity index (χ2v) is 24.8. The average molecular weight is 617 g/mol. The van der Waals surface area contributed by atoms with Crippen molar-refractivity contribution in [1.29, 1.82) is 0 Å². The first-order chi connectivity index (χ1) is 19.8. The second-order valence-electron chi connectivity index (χ2n) is 17.4. The van der Waals surface area contributed by atoms with Crippen molar-refractivity contribution in [2.45, 2.75) is 24.9 Å². The molecule has 8 fully saturated rings. The third kappa shape index (κ3) is 2.74. The highest BCUT2D eigenvalue weighted by Gasteiger charge is 2.88. The fraction of sp³-hybridized carbons (Fsp3) is 1.00. The smallest absolute Gasteiger partial charge is 0.166 e. The predicted octanol–water partition coefficient (Wildman–Crippen LogP) is 4.75. The van der Waals surface area contributed by atoms with Crippen molar-refractivity contribution in [2.24, 2.45) is 104 Å². The molecule has 8 nitrogen and oxygen atoms in total. The molecule has 8 aliphatic carbocycles. The van der Waals surface area contributed by atoms with Crippen LogP contribution in [0, 0.1) is 94.7 Å². The van der Waals surface area contributed by atoms with Gasteiger partial charge in [0.15, 0.2) is 15.0 Å². The van der Waals surface area contributed by atoms with Gasteiger partial charge >= 0.3 is 0 Å². The molecule has 8 saturated carbocycles. The molecule has 6 unspecified atom stereocenters. The van der Waals surface area contributed by atoms with Gasteiger partial charge in [0.05, 0.1) is 12.1 Å². The molecular weight excluding hydrogens is 558 g/mol. The summed E-state index contributed by atoms with van der Waals surface area (Å²) in [4.78, 5) is 0. The molecule has 0 bridgehead atoms. The summed E-state index contributed by atoms with van der Waals surface area (Å²) in [6, 6.07) is 1.13. The lowest BCUT2D eigenvalue weighted by Crippen LogP contribution is -2.44. The van der Waals surface area contributed by atoms with E-state index in [0.29, 0.717) is 12.1 Å². The Morgan fingerprint density at radius 1 is 0.333 bits per heavy atom. The third-order valence-corrected chi connectivity index (χ3v) is 23.3. The monoisotopic (exact) mass is 616 g/mol. The zero-order valence-electron chi connectivity index (χ0n) is 28.3. The Kier molecular flexibility index (Phi) is 5.80. The van der Waals surface area contributed by atoms with E-state index in [0.717, 1.165) is 94.7 Å². The number of hydrogen-bond acceptors (Lipinski definition) is 2. The zero-order chi connectivity index (χ0) is 29.7. The summed E-state index contributed by atoms with van der Waals surface area (Å²) in [6.45, 7) is 0. The molecule has 10 heteroatoms. The normalized spacial score (nSPS) is 54.8. The second kappa shape index (κ2) is 8.57. The minimum absolute atomic E-state index is 0.563. The van der Waals surface area contributed by atoms with Crippen LogP contribution in [0.15, 0.2) is 9.49 Å². The van der Waals surface area contributed by atoms with Gasteiger partial charge in [0.2, 0.25) is 0 Å². The molecule has 0 spiro atoms. The lowest BCUT2D eigenvalue weighted by molar-refractivity contribution is 0.0821. The quantitative estimate of drug-likeness (QED) is 0.367. The van der Waals surface area contributed by atoms with Crippen LogP contribution < -0.4 is 0 Å². The van der Waals surface area contributed by atoms with Crippen molar-refractivity contribution in [2.75, 3.05) is 84.6 Å². The van der Waals surface area contributed by atoms with Gasteiger partial charge in [0.1, 0.15) is 0 Å². The van der Waals surface area contributed by atoms with Gasteiger partial charge in [0.25, 0.3) is 0 Å². The zero-order valence-corrected chi connectivity index (χ0v) is 30.1. The van der Waals surface area contributed by atoms with Gasteiger partial charge in [-0.3, -0.25) is 37.5 Å². The van der Waals surface area contributed by atoms with Crippen LogP contribution in [0.25, 0.3) is 0 Å². The maximum atomic E-state index is 6.30. The van der Waals surface area contributed by atoms with Crippen LogP contribution in [0.3, 0.4) is 0 Å². The van der Waals surface area contributed by atoms with Gasteiger partial charge in [-0.1, -0.05) is 0 Å². The first-order valence-corrected chi connectivity index (χ1v) is 20.3. The van der Waals surface area contributed by atoms with Crippen LogP contribution in [-0.2, 0) is 0 Å². The Hall–Kier alpha value is 0.220. The molecule has 0 radical (unpaired) electrons. The SMILES string of the molecule is CN(C)P(=NC1[C@H]2C3C4[C@H]5C[C@H]6C7C([C@@H]8C(N=P(N(C)C)(N(C)C)N(C)C)[C@H]3[C@H]3[C@@H]8[C@@H]7C[C@@H]43)[C@@H]1[C@H]6[C@@H]25)(N(C)C)N(C)C. The summed E-state index contributed by atoms with van der Waals surface area (Å²) >= 11 is 0. The number of rotatable bonds is 8. The Balaban J connectivity index is 1.29. The fourth-order valence-corrected chi connectivity index (χ4v) is 23.2. The van der Waals surface area contributed by atoms with Crippen molar-refractivity contribution in [1.82, 2.24) is 28.0 Å². The summed E-state index contributed by atoms with van der Waals surface area (Å²) in [6.07, 6.45) is 3.20. The highest BCUT2D eigenvalue weighted by atomic mass is 31.2. The summed E-state index contributed by atoms with van der Waals surface area (Å²) in [5.74, 6) is 14.9. The third-order valence-electron chi connectivity index (χ3n) is 15.8. The van der Waals surface area contributed by atoms with E-state index in [1.54, 1.807) is 12.8 Å². The maximum absolute atomic E-state index is 6.30. The van der Waals surface area contributed by atoms with Crippen LogP contribution in [-0.4, -0.2) is 125 Å². The molecule has 8 aliphatic rings.